The van der Waals surface area contributed by atoms with Gasteiger partial charge in [-0.15, -0.1) is 0 Å². The number of nitrogens with zero attached hydrogens (tertiary/aromatic N) is 3. The number of hydrogen-bond donors (Lipinski definition) is 3. The Morgan fingerprint density at radius 1 is 1.00 bits per heavy atom. The fourth-order valence-corrected chi connectivity index (χ4v) is 6.62. The molecule has 13 heteroatoms. The zero-order chi connectivity index (χ0) is 33.1. The van der Waals surface area contributed by atoms with Crippen molar-refractivity contribution in [3.05, 3.63) is 106 Å². The molecule has 3 heterocycles. The number of carbonyl (C=O) groups excluding carboxylic acids is 1. The van der Waals surface area contributed by atoms with E-state index in [2.05, 4.69) is 25.1 Å². The number of rotatable bonds is 8. The molecule has 8 nitrogen and oxygen atoms in total. The highest BCUT2D eigenvalue weighted by Gasteiger charge is 2.31. The van der Waals surface area contributed by atoms with E-state index in [0.29, 0.717) is 23.5 Å². The van der Waals surface area contributed by atoms with Gasteiger partial charge in [-0.3, -0.25) is 14.5 Å². The molecule has 1 aliphatic rings. The summed E-state index contributed by atoms with van der Waals surface area (Å²) in [7, 11) is 0. The van der Waals surface area contributed by atoms with Gasteiger partial charge in [-0.1, -0.05) is 29.4 Å². The number of H-pyrrole nitrogens is 1. The largest absolute Gasteiger partial charge is 0.507 e. The van der Waals surface area contributed by atoms with Crippen molar-refractivity contribution < 1.29 is 23.1 Å². The molecule has 242 valence electrons. The van der Waals surface area contributed by atoms with Gasteiger partial charge in [0.25, 0.3) is 5.56 Å². The molecule has 0 saturated carbocycles. The second-order valence-corrected chi connectivity index (χ2v) is 12.5. The van der Waals surface area contributed by atoms with Crippen molar-refractivity contribution >= 4 is 51.7 Å². The number of alkyl halides is 3. The molecule has 5 aromatic rings. The number of nitrogens with one attached hydrogen (secondary N) is 2. The summed E-state index contributed by atoms with van der Waals surface area (Å²) in [5.41, 5.74) is -0.461. The number of halogens is 4. The van der Waals surface area contributed by atoms with Gasteiger partial charge in [0.15, 0.2) is 0 Å². The molecule has 1 aliphatic heterocycles. The number of anilines is 2. The molecular formula is C34H29ClF3N5O3S. The maximum absolute atomic E-state index is 13.7. The summed E-state index contributed by atoms with van der Waals surface area (Å²) >= 11 is 7.23. The fourth-order valence-electron chi connectivity index (χ4n) is 5.47. The lowest BCUT2D eigenvalue weighted by Gasteiger charge is -2.35. The average molecular weight is 680 g/mol. The molecule has 0 aliphatic carbocycles. The smallest absolute Gasteiger partial charge is 0.416 e. The molecule has 3 aromatic carbocycles. The number of aromatic nitrogens is 2. The maximum atomic E-state index is 13.7. The Bertz CT molecular complexity index is 1970. The molecule has 1 saturated heterocycles. The van der Waals surface area contributed by atoms with E-state index in [1.807, 2.05) is 18.2 Å². The van der Waals surface area contributed by atoms with Gasteiger partial charge in [-0.05, 0) is 72.8 Å². The minimum atomic E-state index is -4.62. The van der Waals surface area contributed by atoms with E-state index in [1.54, 1.807) is 30.5 Å². The molecule has 3 N–H and O–H groups in total. The van der Waals surface area contributed by atoms with Crippen molar-refractivity contribution in [2.24, 2.45) is 0 Å². The first-order valence-corrected chi connectivity index (χ1v) is 16.0. The van der Waals surface area contributed by atoms with Gasteiger partial charge in [0.05, 0.1) is 10.5 Å². The van der Waals surface area contributed by atoms with Crippen molar-refractivity contribution in [1.29, 1.82) is 0 Å². The Labute approximate surface area is 277 Å². The molecule has 2 aromatic heterocycles. The summed E-state index contributed by atoms with van der Waals surface area (Å²) in [6.45, 7) is 3.95. The molecule has 0 atom stereocenters. The van der Waals surface area contributed by atoms with Crippen LogP contribution in [0.1, 0.15) is 12.0 Å². The lowest BCUT2D eigenvalue weighted by atomic mass is 9.98. The highest BCUT2D eigenvalue weighted by atomic mass is 35.5. The van der Waals surface area contributed by atoms with Crippen LogP contribution in [0, 0.1) is 0 Å². The second-order valence-electron chi connectivity index (χ2n) is 11.0. The Balaban J connectivity index is 1.17. The lowest BCUT2D eigenvalue weighted by molar-refractivity contribution is -0.137. The van der Waals surface area contributed by atoms with Crippen molar-refractivity contribution in [2.75, 3.05) is 42.9 Å². The highest BCUT2D eigenvalue weighted by molar-refractivity contribution is 7.99. The van der Waals surface area contributed by atoms with E-state index < -0.39 is 17.3 Å². The molecule has 1 fully saturated rings. The lowest BCUT2D eigenvalue weighted by Crippen LogP contribution is -2.47. The number of pyridine rings is 2. The van der Waals surface area contributed by atoms with E-state index in [0.717, 1.165) is 55.9 Å². The molecule has 1 amide bonds. The van der Waals surface area contributed by atoms with Crippen LogP contribution in [0.3, 0.4) is 0 Å². The number of aromatic hydroxyl groups is 1. The first-order chi connectivity index (χ1) is 22.5. The number of hydrogen-bond acceptors (Lipinski definition) is 7. The van der Waals surface area contributed by atoms with Crippen LogP contribution < -0.4 is 15.8 Å². The normalized spacial score (nSPS) is 14.0. The highest BCUT2D eigenvalue weighted by Crippen LogP contribution is 2.43. The van der Waals surface area contributed by atoms with Gasteiger partial charge in [0.2, 0.25) is 5.91 Å². The van der Waals surface area contributed by atoms with Crippen LogP contribution >= 0.6 is 23.4 Å². The van der Waals surface area contributed by atoms with Crippen LogP contribution in [-0.4, -0.2) is 58.6 Å². The van der Waals surface area contributed by atoms with Gasteiger partial charge >= 0.3 is 6.18 Å². The fraction of sp³-hybridized carbons (Fsp3) is 0.206. The van der Waals surface area contributed by atoms with Crippen LogP contribution in [0.4, 0.5) is 24.7 Å². The summed E-state index contributed by atoms with van der Waals surface area (Å²) in [5.74, 6) is 0.572. The molecule has 6 rings (SSSR count). The Hall–Kier alpha value is -4.52. The summed E-state index contributed by atoms with van der Waals surface area (Å²) in [6, 6.07) is 19.9. The van der Waals surface area contributed by atoms with Gasteiger partial charge in [0, 0.05) is 83.0 Å². The maximum Gasteiger partial charge on any atom is 0.416 e. The number of piperazine rings is 1. The minimum absolute atomic E-state index is 0.0781. The zero-order valence-corrected chi connectivity index (χ0v) is 26.4. The number of carbonyl (C=O) groups is 1. The molecule has 0 radical (unpaired) electrons. The van der Waals surface area contributed by atoms with E-state index in [9.17, 15) is 27.9 Å². The topological polar surface area (TPSA) is 102 Å². The zero-order valence-electron chi connectivity index (χ0n) is 24.9. The third kappa shape index (κ3) is 7.56. The molecule has 0 bridgehead atoms. The minimum Gasteiger partial charge on any atom is -0.507 e. The van der Waals surface area contributed by atoms with E-state index in [4.69, 9.17) is 11.6 Å². The number of aromatic amines is 1. The monoisotopic (exact) mass is 679 g/mol. The summed E-state index contributed by atoms with van der Waals surface area (Å²) in [5, 5.41) is 13.9. The van der Waals surface area contributed by atoms with Crippen molar-refractivity contribution in [2.45, 2.75) is 22.4 Å². The number of benzene rings is 3. The molecule has 47 heavy (non-hydrogen) atoms. The molecular weight excluding hydrogens is 651 g/mol. The number of phenolic OH excluding ortho intramolecular Hbond substituents is 1. The SMILES string of the molecule is O=C(CCN1CCN(c2ccccn2)CC1)Nc1ccc(Sc2c(-c3cc(Cl)ccc3O)c3cc(C(F)(F)F)ccc3[nH]c2=O)cc1. The van der Waals surface area contributed by atoms with Gasteiger partial charge in [-0.2, -0.15) is 13.2 Å². The summed E-state index contributed by atoms with van der Waals surface area (Å²) < 4.78 is 41.0. The number of amides is 1. The number of fused-ring (bicyclic) bond motifs is 1. The first-order valence-electron chi connectivity index (χ1n) is 14.8. The Kier molecular flexibility index (Phi) is 9.44. The van der Waals surface area contributed by atoms with Gasteiger partial charge in [-0.25, -0.2) is 4.98 Å². The quantitative estimate of drug-likeness (QED) is 0.159. The first kappa shape index (κ1) is 32.4. The van der Waals surface area contributed by atoms with Crippen LogP contribution in [0.5, 0.6) is 5.75 Å². The molecule has 0 unspecified atom stereocenters. The van der Waals surface area contributed by atoms with Crippen LogP contribution in [0.15, 0.2) is 99.6 Å². The van der Waals surface area contributed by atoms with Crippen molar-refractivity contribution in [1.82, 2.24) is 14.9 Å². The Morgan fingerprint density at radius 3 is 2.47 bits per heavy atom. The number of phenols is 1. The third-order valence-electron chi connectivity index (χ3n) is 7.88. The predicted octanol–water partition coefficient (Wildman–Crippen LogP) is 7.27. The summed E-state index contributed by atoms with van der Waals surface area (Å²) in [4.78, 5) is 38.3. The standard InChI is InChI=1S/C34H29ClF3N5O3S/c35-22-5-11-28(44)26(20-22)31-25-19-21(34(36,37)38)4-10-27(25)41-33(46)32(31)47-24-8-6-23(7-9-24)40-30(45)12-14-42-15-17-43(18-16-42)29-3-1-2-13-39-29/h1-11,13,19-20,44H,12,14-18H2,(H,40,45)(H,41,46). The van der Waals surface area contributed by atoms with E-state index >= 15 is 0 Å². The second kappa shape index (κ2) is 13.7. The Morgan fingerprint density at radius 2 is 1.77 bits per heavy atom. The van der Waals surface area contributed by atoms with Crippen LogP contribution in [-0.2, 0) is 11.0 Å². The van der Waals surface area contributed by atoms with Crippen LogP contribution in [0.2, 0.25) is 5.02 Å². The van der Waals surface area contributed by atoms with Gasteiger partial charge < -0.3 is 20.3 Å². The van der Waals surface area contributed by atoms with Crippen molar-refractivity contribution in [3.63, 3.8) is 0 Å². The average Bonchev–Trinajstić information content (AvgIpc) is 3.06. The van der Waals surface area contributed by atoms with Crippen molar-refractivity contribution in [3.8, 4) is 16.9 Å². The molecule has 0 spiro atoms. The van der Waals surface area contributed by atoms with E-state index in [1.165, 1.54) is 24.3 Å². The van der Waals surface area contributed by atoms with Gasteiger partial charge in [0.1, 0.15) is 11.6 Å². The third-order valence-corrected chi connectivity index (χ3v) is 9.22. The van der Waals surface area contributed by atoms with E-state index in [-0.39, 0.29) is 43.6 Å². The van der Waals surface area contributed by atoms with Crippen LogP contribution in [0.25, 0.3) is 22.0 Å². The predicted molar refractivity (Wildman–Crippen MR) is 178 cm³/mol. The summed E-state index contributed by atoms with van der Waals surface area (Å²) in [6.07, 6.45) is -2.53.